The van der Waals surface area contributed by atoms with Crippen molar-refractivity contribution in [2.24, 2.45) is 5.10 Å². The van der Waals surface area contributed by atoms with E-state index in [-0.39, 0.29) is 17.9 Å². The molecule has 0 unspecified atom stereocenters. The van der Waals surface area contributed by atoms with Crippen LogP contribution in [-0.2, 0) is 16.0 Å². The number of amides is 2. The van der Waals surface area contributed by atoms with Crippen molar-refractivity contribution in [3.05, 3.63) is 35.9 Å². The number of rotatable bonds is 4. The van der Waals surface area contributed by atoms with Gasteiger partial charge in [0.15, 0.2) is 0 Å². The van der Waals surface area contributed by atoms with E-state index < -0.39 is 0 Å². The highest BCUT2D eigenvalue weighted by atomic mass is 16.2. The Morgan fingerprint density at radius 3 is 2.78 bits per heavy atom. The van der Waals surface area contributed by atoms with Crippen LogP contribution in [0.5, 0.6) is 0 Å². The van der Waals surface area contributed by atoms with E-state index in [9.17, 15) is 9.59 Å². The number of likely N-dealkylation sites (tertiary alicyclic amines) is 1. The van der Waals surface area contributed by atoms with Gasteiger partial charge in [-0.3, -0.25) is 9.59 Å². The second-order valence-electron chi connectivity index (χ2n) is 6.28. The summed E-state index contributed by atoms with van der Waals surface area (Å²) < 4.78 is 0. The summed E-state index contributed by atoms with van der Waals surface area (Å²) in [6.07, 6.45) is 4.92. The first kappa shape index (κ1) is 15.7. The summed E-state index contributed by atoms with van der Waals surface area (Å²) in [5.74, 6) is -0.0106. The Bertz CT molecular complexity index is 612. The molecule has 0 saturated carbocycles. The Hall–Kier alpha value is -2.17. The molecule has 3 rings (SSSR count). The molecule has 2 amide bonds. The lowest BCUT2D eigenvalue weighted by atomic mass is 10.0. The van der Waals surface area contributed by atoms with Gasteiger partial charge in [0.2, 0.25) is 5.91 Å². The Labute approximate surface area is 137 Å². The topological polar surface area (TPSA) is 53.0 Å². The molecule has 5 heteroatoms. The van der Waals surface area contributed by atoms with Gasteiger partial charge in [0.1, 0.15) is 5.71 Å². The molecule has 0 spiro atoms. The van der Waals surface area contributed by atoms with Crippen molar-refractivity contribution in [2.45, 2.75) is 44.6 Å². The van der Waals surface area contributed by atoms with Crippen molar-refractivity contribution < 1.29 is 9.59 Å². The molecular weight excluding hydrogens is 290 g/mol. The van der Waals surface area contributed by atoms with Crippen molar-refractivity contribution >= 4 is 17.5 Å². The normalized spacial score (nSPS) is 21.5. The highest BCUT2D eigenvalue weighted by Crippen LogP contribution is 2.23. The van der Waals surface area contributed by atoms with Crippen LogP contribution in [-0.4, -0.2) is 47.1 Å². The first-order valence-corrected chi connectivity index (χ1v) is 8.34. The maximum Gasteiger partial charge on any atom is 0.270 e. The van der Waals surface area contributed by atoms with Crippen LogP contribution < -0.4 is 0 Å². The first-order valence-electron chi connectivity index (χ1n) is 8.34. The first-order chi connectivity index (χ1) is 11.1. The van der Waals surface area contributed by atoms with Gasteiger partial charge in [-0.1, -0.05) is 30.3 Å². The number of aryl methyl sites for hydroxylation is 1. The molecule has 0 N–H and O–H groups in total. The number of benzene rings is 1. The van der Waals surface area contributed by atoms with E-state index in [1.807, 2.05) is 11.0 Å². The van der Waals surface area contributed by atoms with Gasteiger partial charge in [-0.2, -0.15) is 5.10 Å². The zero-order valence-corrected chi connectivity index (χ0v) is 13.6. The van der Waals surface area contributed by atoms with Crippen molar-refractivity contribution in [1.82, 2.24) is 9.91 Å². The van der Waals surface area contributed by atoms with E-state index in [0.717, 1.165) is 32.2 Å². The van der Waals surface area contributed by atoms with Crippen LogP contribution in [0.1, 0.15) is 37.7 Å². The molecule has 0 aromatic heterocycles. The van der Waals surface area contributed by atoms with Crippen molar-refractivity contribution in [3.8, 4) is 0 Å². The van der Waals surface area contributed by atoms with E-state index in [2.05, 4.69) is 29.4 Å². The number of carbonyl (C=O) groups is 2. The Balaban J connectivity index is 1.63. The predicted molar refractivity (Wildman–Crippen MR) is 88.9 cm³/mol. The highest BCUT2D eigenvalue weighted by molar-refractivity contribution is 6.39. The summed E-state index contributed by atoms with van der Waals surface area (Å²) in [4.78, 5) is 26.2. The minimum atomic E-state index is -0.0244. The van der Waals surface area contributed by atoms with Crippen LogP contribution in [0.25, 0.3) is 0 Å². The van der Waals surface area contributed by atoms with Crippen LogP contribution in [0.2, 0.25) is 0 Å². The average Bonchev–Trinajstić information content (AvgIpc) is 3.04. The molecule has 2 heterocycles. The van der Waals surface area contributed by atoms with Crippen LogP contribution in [0.3, 0.4) is 0 Å². The highest BCUT2D eigenvalue weighted by Gasteiger charge is 2.32. The average molecular weight is 313 g/mol. The number of hydrogen-bond donors (Lipinski definition) is 0. The standard InChI is InChI=1S/C18H23N3O2/c1-20-17(22)12-11-16(19-20)18(23)21-13-5-8-15(21)10-9-14-6-3-2-4-7-14/h2-4,6-7,15H,5,8-13H2,1H3/t15-/m1/s1. The fourth-order valence-electron chi connectivity index (χ4n) is 3.37. The quantitative estimate of drug-likeness (QED) is 0.856. The minimum absolute atomic E-state index is 0.0138. The lowest BCUT2D eigenvalue weighted by Crippen LogP contribution is -2.43. The Morgan fingerprint density at radius 1 is 1.26 bits per heavy atom. The van der Waals surface area contributed by atoms with Gasteiger partial charge < -0.3 is 4.90 Å². The summed E-state index contributed by atoms with van der Waals surface area (Å²) in [6, 6.07) is 10.7. The monoisotopic (exact) mass is 313 g/mol. The van der Waals surface area contributed by atoms with Crippen molar-refractivity contribution in [3.63, 3.8) is 0 Å². The number of hydrogen-bond acceptors (Lipinski definition) is 3. The Kier molecular flexibility index (Phi) is 4.74. The van der Waals surface area contributed by atoms with E-state index >= 15 is 0 Å². The molecule has 2 aliphatic heterocycles. The zero-order valence-electron chi connectivity index (χ0n) is 13.6. The summed E-state index contributed by atoms with van der Waals surface area (Å²) >= 11 is 0. The van der Waals surface area contributed by atoms with Crippen LogP contribution in [0, 0.1) is 0 Å². The number of carbonyl (C=O) groups excluding carboxylic acids is 2. The zero-order chi connectivity index (χ0) is 16.2. The third-order valence-corrected chi connectivity index (χ3v) is 4.70. The van der Waals surface area contributed by atoms with Gasteiger partial charge >= 0.3 is 0 Å². The molecule has 1 atom stereocenters. The molecular formula is C18H23N3O2. The van der Waals surface area contributed by atoms with Crippen LogP contribution in [0.4, 0.5) is 0 Å². The van der Waals surface area contributed by atoms with Crippen molar-refractivity contribution in [1.29, 1.82) is 0 Å². The molecule has 122 valence electrons. The molecule has 0 aliphatic carbocycles. The van der Waals surface area contributed by atoms with Gasteiger partial charge in [0, 0.05) is 32.5 Å². The molecule has 5 nitrogen and oxygen atoms in total. The van der Waals surface area contributed by atoms with Gasteiger partial charge in [-0.25, -0.2) is 5.01 Å². The predicted octanol–water partition coefficient (Wildman–Crippen LogP) is 2.22. The van der Waals surface area contributed by atoms with E-state index in [1.54, 1.807) is 7.05 Å². The molecule has 1 aromatic carbocycles. The van der Waals surface area contributed by atoms with Gasteiger partial charge in [-0.15, -0.1) is 0 Å². The molecule has 1 aromatic rings. The lowest BCUT2D eigenvalue weighted by molar-refractivity contribution is -0.130. The SMILES string of the molecule is CN1N=C(C(=O)N2CCC[C@@H]2CCc2ccccc2)CCC1=O. The summed E-state index contributed by atoms with van der Waals surface area (Å²) in [5, 5.41) is 5.47. The summed E-state index contributed by atoms with van der Waals surface area (Å²) in [6.45, 7) is 0.801. The van der Waals surface area contributed by atoms with Crippen molar-refractivity contribution in [2.75, 3.05) is 13.6 Å². The van der Waals surface area contributed by atoms with E-state index in [0.29, 0.717) is 18.6 Å². The second-order valence-corrected chi connectivity index (χ2v) is 6.28. The molecule has 23 heavy (non-hydrogen) atoms. The number of nitrogens with zero attached hydrogens (tertiary/aromatic N) is 3. The third kappa shape index (κ3) is 3.60. The second kappa shape index (κ2) is 6.94. The fraction of sp³-hybridized carbons (Fsp3) is 0.500. The molecule has 2 aliphatic rings. The van der Waals surface area contributed by atoms with Crippen LogP contribution >= 0.6 is 0 Å². The maximum absolute atomic E-state index is 12.7. The van der Waals surface area contributed by atoms with Crippen LogP contribution in [0.15, 0.2) is 35.4 Å². The smallest absolute Gasteiger partial charge is 0.270 e. The molecule has 0 radical (unpaired) electrons. The molecule has 1 saturated heterocycles. The summed E-state index contributed by atoms with van der Waals surface area (Å²) in [5.41, 5.74) is 1.84. The molecule has 0 bridgehead atoms. The lowest BCUT2D eigenvalue weighted by Gasteiger charge is -2.27. The summed E-state index contributed by atoms with van der Waals surface area (Å²) in [7, 11) is 1.62. The van der Waals surface area contributed by atoms with Gasteiger partial charge in [0.25, 0.3) is 5.91 Å². The van der Waals surface area contributed by atoms with E-state index in [4.69, 9.17) is 0 Å². The Morgan fingerprint density at radius 2 is 2.04 bits per heavy atom. The fourth-order valence-corrected chi connectivity index (χ4v) is 3.37. The van der Waals surface area contributed by atoms with Gasteiger partial charge in [-0.05, 0) is 31.2 Å². The third-order valence-electron chi connectivity index (χ3n) is 4.70. The van der Waals surface area contributed by atoms with Gasteiger partial charge in [0.05, 0.1) is 0 Å². The largest absolute Gasteiger partial charge is 0.335 e. The molecule has 1 fully saturated rings. The maximum atomic E-state index is 12.7. The number of hydrazone groups is 1. The minimum Gasteiger partial charge on any atom is -0.335 e. The van der Waals surface area contributed by atoms with E-state index in [1.165, 1.54) is 10.6 Å².